The second-order valence-corrected chi connectivity index (χ2v) is 6.16. The third-order valence-corrected chi connectivity index (χ3v) is 4.49. The molecule has 0 atom stereocenters. The molecule has 0 fully saturated rings. The minimum atomic E-state index is -0.451. The fraction of sp³-hybridized carbons (Fsp3) is 0.211. The molecule has 0 saturated carbocycles. The van der Waals surface area contributed by atoms with Crippen LogP contribution in [0, 0.1) is 15.9 Å². The molecule has 3 aromatic rings. The summed E-state index contributed by atoms with van der Waals surface area (Å²) in [6.45, 7) is 0.234. The number of nitro groups is 1. The molecule has 4 rings (SSSR count). The Balaban J connectivity index is 1.60. The molecule has 0 amide bonds. The summed E-state index contributed by atoms with van der Waals surface area (Å²) in [7, 11) is 0. The Morgan fingerprint density at radius 1 is 1.19 bits per heavy atom. The maximum absolute atomic E-state index is 13.2. The predicted molar refractivity (Wildman–Crippen MR) is 93.0 cm³/mol. The molecule has 0 spiro atoms. The summed E-state index contributed by atoms with van der Waals surface area (Å²) in [5, 5.41) is 15.5. The summed E-state index contributed by atoms with van der Waals surface area (Å²) in [4.78, 5) is 10.4. The van der Waals surface area contributed by atoms with Crippen molar-refractivity contribution >= 4 is 5.69 Å². The molecule has 0 N–H and O–H groups in total. The monoisotopic (exact) mass is 353 g/mol. The van der Waals surface area contributed by atoms with Gasteiger partial charge >= 0.3 is 0 Å². The Kier molecular flexibility index (Phi) is 4.12. The van der Waals surface area contributed by atoms with Gasteiger partial charge in [0.1, 0.15) is 23.9 Å². The van der Waals surface area contributed by atoms with Crippen LogP contribution >= 0.6 is 0 Å². The Morgan fingerprint density at radius 2 is 2.00 bits per heavy atom. The zero-order valence-electron chi connectivity index (χ0n) is 13.9. The fourth-order valence-corrected chi connectivity index (χ4v) is 3.26. The summed E-state index contributed by atoms with van der Waals surface area (Å²) >= 11 is 0. The fourth-order valence-electron chi connectivity index (χ4n) is 3.26. The lowest BCUT2D eigenvalue weighted by Gasteiger charge is -2.06. The van der Waals surface area contributed by atoms with Crippen molar-refractivity contribution in [3.8, 4) is 11.4 Å². The average molecular weight is 353 g/mol. The Bertz CT molecular complexity index is 967. The van der Waals surface area contributed by atoms with Crippen LogP contribution in [-0.2, 0) is 19.4 Å². The molecule has 0 radical (unpaired) electrons. The molecular formula is C19H16FN3O3. The van der Waals surface area contributed by atoms with Gasteiger partial charge in [-0.25, -0.2) is 9.07 Å². The predicted octanol–water partition coefficient (Wildman–Crippen LogP) is 3.99. The first-order valence-corrected chi connectivity index (χ1v) is 8.34. The summed E-state index contributed by atoms with van der Waals surface area (Å²) < 4.78 is 20.8. The molecule has 0 unspecified atom stereocenters. The van der Waals surface area contributed by atoms with Gasteiger partial charge in [0.25, 0.3) is 5.69 Å². The molecule has 0 saturated heterocycles. The molecule has 1 heterocycles. The minimum absolute atomic E-state index is 0.00966. The van der Waals surface area contributed by atoms with Crippen molar-refractivity contribution in [2.45, 2.75) is 25.9 Å². The number of hydrogen-bond acceptors (Lipinski definition) is 4. The van der Waals surface area contributed by atoms with Crippen LogP contribution < -0.4 is 4.74 Å². The standard InChI is InChI=1S/C19H16FN3O3/c20-13-7-9-14(10-8-13)22-19-6-2-5-17(19)18(21-22)12-26-16-4-1-3-15(11-16)23(24)25/h1,3-4,7-11H,2,5-6,12H2. The highest BCUT2D eigenvalue weighted by Gasteiger charge is 2.23. The van der Waals surface area contributed by atoms with E-state index < -0.39 is 4.92 Å². The van der Waals surface area contributed by atoms with Crippen LogP contribution in [0.2, 0.25) is 0 Å². The Hall–Kier alpha value is -3.22. The van der Waals surface area contributed by atoms with Gasteiger partial charge in [0.05, 0.1) is 16.7 Å². The van der Waals surface area contributed by atoms with Crippen molar-refractivity contribution in [3.05, 3.63) is 81.4 Å². The topological polar surface area (TPSA) is 70.2 Å². The molecular weight excluding hydrogens is 337 g/mol. The SMILES string of the molecule is O=[N+]([O-])c1cccc(OCc2nn(-c3ccc(F)cc3)c3c2CCC3)c1. The number of fused-ring (bicyclic) bond motifs is 1. The van der Waals surface area contributed by atoms with E-state index in [4.69, 9.17) is 4.74 Å². The highest BCUT2D eigenvalue weighted by atomic mass is 19.1. The van der Waals surface area contributed by atoms with Crippen LogP contribution in [0.4, 0.5) is 10.1 Å². The van der Waals surface area contributed by atoms with Crippen molar-refractivity contribution in [2.24, 2.45) is 0 Å². The summed E-state index contributed by atoms with van der Waals surface area (Å²) in [6, 6.07) is 12.3. The third-order valence-electron chi connectivity index (χ3n) is 4.49. The van der Waals surface area contributed by atoms with Gasteiger partial charge in [0, 0.05) is 17.3 Å². The van der Waals surface area contributed by atoms with Crippen molar-refractivity contribution < 1.29 is 14.1 Å². The van der Waals surface area contributed by atoms with E-state index in [2.05, 4.69) is 5.10 Å². The average Bonchev–Trinajstić information content (AvgIpc) is 3.24. The highest BCUT2D eigenvalue weighted by Crippen LogP contribution is 2.29. The van der Waals surface area contributed by atoms with Gasteiger partial charge in [-0.1, -0.05) is 6.07 Å². The van der Waals surface area contributed by atoms with E-state index in [-0.39, 0.29) is 18.1 Å². The van der Waals surface area contributed by atoms with Gasteiger partial charge < -0.3 is 4.74 Å². The minimum Gasteiger partial charge on any atom is -0.487 e. The second-order valence-electron chi connectivity index (χ2n) is 6.16. The van der Waals surface area contributed by atoms with Gasteiger partial charge in [-0.05, 0) is 49.6 Å². The smallest absolute Gasteiger partial charge is 0.273 e. The zero-order chi connectivity index (χ0) is 18.1. The number of non-ortho nitro benzene ring substituents is 1. The second kappa shape index (κ2) is 6.59. The molecule has 0 bridgehead atoms. The van der Waals surface area contributed by atoms with Crippen LogP contribution in [0.25, 0.3) is 5.69 Å². The first-order valence-electron chi connectivity index (χ1n) is 8.34. The number of nitro benzene ring substituents is 1. The number of ether oxygens (including phenoxy) is 1. The van der Waals surface area contributed by atoms with Crippen molar-refractivity contribution in [2.75, 3.05) is 0 Å². The zero-order valence-corrected chi connectivity index (χ0v) is 13.9. The number of hydrogen-bond donors (Lipinski definition) is 0. The van der Waals surface area contributed by atoms with Gasteiger partial charge in [0.2, 0.25) is 0 Å². The van der Waals surface area contributed by atoms with E-state index in [1.165, 1.54) is 24.3 Å². The lowest BCUT2D eigenvalue weighted by molar-refractivity contribution is -0.384. The molecule has 1 aliphatic carbocycles. The number of aromatic nitrogens is 2. The molecule has 7 heteroatoms. The van der Waals surface area contributed by atoms with Crippen LogP contribution in [0.5, 0.6) is 5.75 Å². The highest BCUT2D eigenvalue weighted by molar-refractivity contribution is 5.41. The van der Waals surface area contributed by atoms with Crippen LogP contribution in [-0.4, -0.2) is 14.7 Å². The quantitative estimate of drug-likeness (QED) is 0.514. The summed E-state index contributed by atoms with van der Waals surface area (Å²) in [5.41, 5.74) is 3.89. The Morgan fingerprint density at radius 3 is 2.77 bits per heavy atom. The van der Waals surface area contributed by atoms with Crippen LogP contribution in [0.1, 0.15) is 23.4 Å². The largest absolute Gasteiger partial charge is 0.487 e. The van der Waals surface area contributed by atoms with E-state index in [9.17, 15) is 14.5 Å². The first kappa shape index (κ1) is 16.3. The number of benzene rings is 2. The van der Waals surface area contributed by atoms with E-state index in [1.807, 2.05) is 4.68 Å². The molecule has 1 aliphatic rings. The molecule has 26 heavy (non-hydrogen) atoms. The van der Waals surface area contributed by atoms with Crippen molar-refractivity contribution in [1.82, 2.24) is 9.78 Å². The maximum Gasteiger partial charge on any atom is 0.273 e. The van der Waals surface area contributed by atoms with Crippen molar-refractivity contribution in [1.29, 1.82) is 0 Å². The van der Waals surface area contributed by atoms with Crippen LogP contribution in [0.3, 0.4) is 0 Å². The van der Waals surface area contributed by atoms with Crippen molar-refractivity contribution in [3.63, 3.8) is 0 Å². The lowest BCUT2D eigenvalue weighted by Crippen LogP contribution is -2.03. The first-order chi connectivity index (χ1) is 12.6. The third kappa shape index (κ3) is 3.03. The summed E-state index contributed by atoms with van der Waals surface area (Å²) in [5.74, 6) is 0.147. The van der Waals surface area contributed by atoms with E-state index in [0.717, 1.165) is 41.9 Å². The number of rotatable bonds is 5. The maximum atomic E-state index is 13.2. The van der Waals surface area contributed by atoms with E-state index in [1.54, 1.807) is 24.3 Å². The molecule has 2 aromatic carbocycles. The number of nitrogens with zero attached hydrogens (tertiary/aromatic N) is 3. The summed E-state index contributed by atoms with van der Waals surface area (Å²) in [6.07, 6.45) is 2.87. The van der Waals surface area contributed by atoms with Gasteiger partial charge in [-0.3, -0.25) is 10.1 Å². The van der Waals surface area contributed by atoms with E-state index >= 15 is 0 Å². The Labute approximate surface area is 149 Å². The molecule has 6 nitrogen and oxygen atoms in total. The molecule has 0 aliphatic heterocycles. The molecule has 1 aromatic heterocycles. The normalized spacial score (nSPS) is 12.8. The van der Waals surface area contributed by atoms with Gasteiger partial charge in [0.15, 0.2) is 0 Å². The van der Waals surface area contributed by atoms with E-state index in [0.29, 0.717) is 5.75 Å². The number of halogens is 1. The van der Waals surface area contributed by atoms with Crippen LogP contribution in [0.15, 0.2) is 48.5 Å². The van der Waals surface area contributed by atoms with Gasteiger partial charge in [-0.15, -0.1) is 0 Å². The van der Waals surface area contributed by atoms with Gasteiger partial charge in [-0.2, -0.15) is 5.10 Å². The molecule has 132 valence electrons. The lowest BCUT2D eigenvalue weighted by atomic mass is 10.2.